The Labute approximate surface area is 150 Å². The number of pyridine rings is 1. The summed E-state index contributed by atoms with van der Waals surface area (Å²) in [6.45, 7) is 0.233. The van der Waals surface area contributed by atoms with E-state index >= 15 is 0 Å². The molecule has 0 saturated carbocycles. The number of allylic oxidation sites excluding steroid dienone is 1. The van der Waals surface area contributed by atoms with Crippen LogP contribution in [0.1, 0.15) is 21.9 Å². The fourth-order valence-corrected chi connectivity index (χ4v) is 2.54. The zero-order chi connectivity index (χ0) is 17.8. The van der Waals surface area contributed by atoms with Crippen molar-refractivity contribution < 1.29 is 14.1 Å². The highest BCUT2D eigenvalue weighted by Gasteiger charge is 2.19. The first-order chi connectivity index (χ1) is 12.0. The minimum atomic E-state index is -0.569. The molecule has 0 aromatic carbocycles. The molecule has 3 aromatic rings. The lowest BCUT2D eigenvalue weighted by molar-refractivity contribution is -0.390. The van der Waals surface area contributed by atoms with Gasteiger partial charge in [0.1, 0.15) is 22.5 Å². The molecule has 0 spiro atoms. The summed E-state index contributed by atoms with van der Waals surface area (Å²) in [6, 6.07) is 6.79. The first-order valence-electron chi connectivity index (χ1n) is 7.11. The molecule has 9 heteroatoms. The summed E-state index contributed by atoms with van der Waals surface area (Å²) < 4.78 is 7.28. The summed E-state index contributed by atoms with van der Waals surface area (Å²) in [5.41, 5.74) is 0.485. The molecular weight excluding hydrogens is 392 g/mol. The Morgan fingerprint density at radius 1 is 1.40 bits per heavy atom. The number of hydrogen-bond donors (Lipinski definition) is 0. The predicted molar refractivity (Wildman–Crippen MR) is 92.0 cm³/mol. The standard InChI is InChI=1S/C16H11BrN4O4/c17-14-10-20(19-16(14)21(23)24)9-13-4-3-12(25-13)5-6-15(22)11-2-1-7-18-8-11/h1-8,10H,9H2/b6-5+. The first-order valence-corrected chi connectivity index (χ1v) is 7.91. The summed E-state index contributed by atoms with van der Waals surface area (Å²) in [7, 11) is 0. The molecule has 0 saturated heterocycles. The van der Waals surface area contributed by atoms with Crippen LogP contribution in [0.2, 0.25) is 0 Å². The number of ketones is 1. The van der Waals surface area contributed by atoms with E-state index < -0.39 is 4.92 Å². The molecule has 3 heterocycles. The molecule has 3 rings (SSSR count). The number of rotatable bonds is 6. The average molecular weight is 403 g/mol. The van der Waals surface area contributed by atoms with Crippen molar-refractivity contribution in [1.29, 1.82) is 0 Å². The lowest BCUT2D eigenvalue weighted by atomic mass is 10.2. The van der Waals surface area contributed by atoms with E-state index in [1.165, 1.54) is 23.2 Å². The maximum Gasteiger partial charge on any atom is 0.404 e. The summed E-state index contributed by atoms with van der Waals surface area (Å²) >= 11 is 3.09. The van der Waals surface area contributed by atoms with Gasteiger partial charge in [-0.1, -0.05) is 0 Å². The lowest BCUT2D eigenvalue weighted by Gasteiger charge is -1.94. The van der Waals surface area contributed by atoms with E-state index in [9.17, 15) is 14.9 Å². The highest BCUT2D eigenvalue weighted by Crippen LogP contribution is 2.23. The number of nitro groups is 1. The van der Waals surface area contributed by atoms with Gasteiger partial charge in [-0.2, -0.15) is 4.68 Å². The second-order valence-electron chi connectivity index (χ2n) is 5.00. The fraction of sp³-hybridized carbons (Fsp3) is 0.0625. The highest BCUT2D eigenvalue weighted by molar-refractivity contribution is 9.10. The molecule has 0 bridgehead atoms. The molecule has 0 fully saturated rings. The SMILES string of the molecule is O=C(/C=C/c1ccc(Cn2cc(Br)c([N+](=O)[O-])n2)o1)c1cccnc1. The van der Waals surface area contributed by atoms with E-state index in [2.05, 4.69) is 26.0 Å². The number of hydrogen-bond acceptors (Lipinski definition) is 6. The van der Waals surface area contributed by atoms with Gasteiger partial charge < -0.3 is 14.5 Å². The molecule has 0 atom stereocenters. The normalized spacial score (nSPS) is 11.1. The van der Waals surface area contributed by atoms with Gasteiger partial charge in [0, 0.05) is 18.0 Å². The van der Waals surface area contributed by atoms with Crippen molar-refractivity contribution in [3.05, 3.63) is 80.6 Å². The summed E-state index contributed by atoms with van der Waals surface area (Å²) in [5.74, 6) is 0.609. The number of carbonyl (C=O) groups is 1. The van der Waals surface area contributed by atoms with E-state index in [0.717, 1.165) is 0 Å². The maximum absolute atomic E-state index is 12.0. The van der Waals surface area contributed by atoms with Gasteiger partial charge in [-0.3, -0.25) is 9.78 Å². The Bertz CT molecular complexity index is 946. The quantitative estimate of drug-likeness (QED) is 0.270. The Hall–Kier alpha value is -3.07. The molecule has 0 radical (unpaired) electrons. The summed E-state index contributed by atoms with van der Waals surface area (Å²) in [5, 5.41) is 14.6. The molecule has 25 heavy (non-hydrogen) atoms. The third-order valence-corrected chi connectivity index (χ3v) is 3.78. The number of carbonyl (C=O) groups excluding carboxylic acids is 1. The zero-order valence-corrected chi connectivity index (χ0v) is 14.3. The van der Waals surface area contributed by atoms with Crippen LogP contribution in [0.25, 0.3) is 6.08 Å². The van der Waals surface area contributed by atoms with Crippen LogP contribution in [0.3, 0.4) is 0 Å². The maximum atomic E-state index is 12.0. The molecule has 0 N–H and O–H groups in total. The van der Waals surface area contributed by atoms with E-state index in [1.54, 1.807) is 36.5 Å². The van der Waals surface area contributed by atoms with Gasteiger partial charge in [0.2, 0.25) is 0 Å². The van der Waals surface area contributed by atoms with Crippen LogP contribution in [0.4, 0.5) is 5.82 Å². The van der Waals surface area contributed by atoms with E-state index in [0.29, 0.717) is 21.6 Å². The molecule has 0 aliphatic carbocycles. The van der Waals surface area contributed by atoms with Gasteiger partial charge >= 0.3 is 5.82 Å². The smallest absolute Gasteiger partial charge is 0.404 e. The highest BCUT2D eigenvalue weighted by atomic mass is 79.9. The van der Waals surface area contributed by atoms with Crippen LogP contribution >= 0.6 is 15.9 Å². The first kappa shape index (κ1) is 16.8. The predicted octanol–water partition coefficient (Wildman–Crippen LogP) is 3.49. The van der Waals surface area contributed by atoms with Crippen molar-refractivity contribution in [3.8, 4) is 0 Å². The zero-order valence-electron chi connectivity index (χ0n) is 12.7. The van der Waals surface area contributed by atoms with Crippen LogP contribution in [0, 0.1) is 10.1 Å². The van der Waals surface area contributed by atoms with Crippen LogP contribution < -0.4 is 0 Å². The molecule has 0 aliphatic heterocycles. The molecule has 0 amide bonds. The Kier molecular flexibility index (Phi) is 4.85. The van der Waals surface area contributed by atoms with E-state index in [-0.39, 0.29) is 18.1 Å². The van der Waals surface area contributed by atoms with Gasteiger partial charge in [0.25, 0.3) is 0 Å². The van der Waals surface area contributed by atoms with Crippen LogP contribution in [0.15, 0.2) is 57.8 Å². The fourth-order valence-electron chi connectivity index (χ4n) is 2.08. The van der Waals surface area contributed by atoms with Crippen molar-refractivity contribution >= 4 is 33.6 Å². The van der Waals surface area contributed by atoms with E-state index in [4.69, 9.17) is 4.42 Å². The second kappa shape index (κ2) is 7.22. The number of furan rings is 1. The van der Waals surface area contributed by atoms with E-state index in [1.807, 2.05) is 0 Å². The lowest BCUT2D eigenvalue weighted by Crippen LogP contribution is -2.00. The molecule has 0 aliphatic rings. The van der Waals surface area contributed by atoms with Gasteiger partial charge in [0.05, 0.1) is 11.3 Å². The van der Waals surface area contributed by atoms with Crippen LogP contribution in [-0.4, -0.2) is 25.5 Å². The minimum absolute atomic E-state index is 0.183. The number of nitrogens with zero attached hydrogens (tertiary/aromatic N) is 4. The van der Waals surface area contributed by atoms with Gasteiger partial charge in [-0.25, -0.2) is 0 Å². The average Bonchev–Trinajstić information content (AvgIpc) is 3.20. The van der Waals surface area contributed by atoms with Crippen molar-refractivity contribution in [2.24, 2.45) is 0 Å². The Morgan fingerprint density at radius 2 is 2.24 bits per heavy atom. The van der Waals surface area contributed by atoms with Crippen LogP contribution in [-0.2, 0) is 6.54 Å². The molecule has 126 valence electrons. The Morgan fingerprint density at radius 3 is 2.92 bits per heavy atom. The molecule has 8 nitrogen and oxygen atoms in total. The van der Waals surface area contributed by atoms with Gasteiger partial charge in [-0.15, -0.1) is 0 Å². The number of aromatic nitrogens is 3. The largest absolute Gasteiger partial charge is 0.460 e. The van der Waals surface area contributed by atoms with Crippen LogP contribution in [0.5, 0.6) is 0 Å². The van der Waals surface area contributed by atoms with Crippen molar-refractivity contribution in [1.82, 2.24) is 14.8 Å². The third-order valence-electron chi connectivity index (χ3n) is 3.22. The minimum Gasteiger partial charge on any atom is -0.460 e. The number of halogens is 1. The molecular formula is C16H11BrN4O4. The third kappa shape index (κ3) is 4.07. The van der Waals surface area contributed by atoms with Crippen molar-refractivity contribution in [2.75, 3.05) is 0 Å². The van der Waals surface area contributed by atoms with Crippen molar-refractivity contribution in [2.45, 2.75) is 6.54 Å². The summed E-state index contributed by atoms with van der Waals surface area (Å²) in [6.07, 6.45) is 7.54. The Balaban J connectivity index is 1.68. The van der Waals surface area contributed by atoms with Crippen molar-refractivity contribution in [3.63, 3.8) is 0 Å². The molecule has 0 unspecified atom stereocenters. The monoisotopic (exact) mass is 402 g/mol. The van der Waals surface area contributed by atoms with Gasteiger partial charge in [0.15, 0.2) is 5.78 Å². The second-order valence-corrected chi connectivity index (χ2v) is 5.85. The molecule has 3 aromatic heterocycles. The summed E-state index contributed by atoms with van der Waals surface area (Å²) in [4.78, 5) is 26.1. The van der Waals surface area contributed by atoms with Gasteiger partial charge in [-0.05, 0) is 57.3 Å². The topological polar surface area (TPSA) is 104 Å².